The molecule has 0 aliphatic carbocycles. The summed E-state index contributed by atoms with van der Waals surface area (Å²) in [5.41, 5.74) is 7.51. The van der Waals surface area contributed by atoms with Gasteiger partial charge in [0.15, 0.2) is 0 Å². The fraction of sp³-hybridized carbons (Fsp3) is 0.273. The van der Waals surface area contributed by atoms with Crippen molar-refractivity contribution < 1.29 is 4.92 Å². The summed E-state index contributed by atoms with van der Waals surface area (Å²) in [6, 6.07) is 4.93. The zero-order valence-electron chi connectivity index (χ0n) is 8.93. The van der Waals surface area contributed by atoms with E-state index in [-0.39, 0.29) is 16.7 Å². The van der Waals surface area contributed by atoms with Crippen molar-refractivity contribution in [1.82, 2.24) is 4.98 Å². The van der Waals surface area contributed by atoms with E-state index in [9.17, 15) is 10.1 Å². The van der Waals surface area contributed by atoms with Crippen LogP contribution in [0.2, 0.25) is 0 Å². The first-order valence-corrected chi connectivity index (χ1v) is 5.15. The molecular formula is C11H13N3O2. The number of nitrogens with one attached hydrogen (secondary N) is 1. The highest BCUT2D eigenvalue weighted by Crippen LogP contribution is 2.30. The van der Waals surface area contributed by atoms with Crippen molar-refractivity contribution in [2.24, 2.45) is 5.73 Å². The van der Waals surface area contributed by atoms with Gasteiger partial charge < -0.3 is 10.7 Å². The van der Waals surface area contributed by atoms with Crippen LogP contribution in [0, 0.1) is 10.1 Å². The third-order valence-corrected chi connectivity index (χ3v) is 2.76. The molecular weight excluding hydrogens is 206 g/mol. The van der Waals surface area contributed by atoms with Crippen molar-refractivity contribution in [1.29, 1.82) is 0 Å². The third kappa shape index (κ3) is 1.55. The number of H-pyrrole nitrogens is 1. The monoisotopic (exact) mass is 219 g/mol. The summed E-state index contributed by atoms with van der Waals surface area (Å²) in [7, 11) is 0. The highest BCUT2D eigenvalue weighted by Gasteiger charge is 2.17. The molecule has 0 bridgehead atoms. The number of nitro benzene ring substituents is 1. The van der Waals surface area contributed by atoms with E-state index in [1.54, 1.807) is 12.3 Å². The van der Waals surface area contributed by atoms with Crippen LogP contribution < -0.4 is 5.73 Å². The molecule has 0 radical (unpaired) electrons. The maximum atomic E-state index is 10.8. The number of aromatic nitrogens is 1. The van der Waals surface area contributed by atoms with Crippen molar-refractivity contribution in [2.45, 2.75) is 19.4 Å². The zero-order chi connectivity index (χ0) is 11.7. The molecule has 1 heterocycles. The van der Waals surface area contributed by atoms with E-state index >= 15 is 0 Å². The summed E-state index contributed by atoms with van der Waals surface area (Å²) in [5, 5.41) is 11.7. The van der Waals surface area contributed by atoms with Gasteiger partial charge in [-0.3, -0.25) is 10.1 Å². The Kier molecular flexibility index (Phi) is 2.62. The molecule has 0 aliphatic rings. The first-order valence-electron chi connectivity index (χ1n) is 5.15. The van der Waals surface area contributed by atoms with Crippen LogP contribution >= 0.6 is 0 Å². The molecule has 1 aromatic heterocycles. The van der Waals surface area contributed by atoms with Crippen LogP contribution in [0.15, 0.2) is 24.4 Å². The molecule has 0 spiro atoms. The lowest BCUT2D eigenvalue weighted by molar-refractivity contribution is -0.383. The molecule has 5 nitrogen and oxygen atoms in total. The third-order valence-electron chi connectivity index (χ3n) is 2.76. The number of nitrogens with two attached hydrogens (primary N) is 1. The van der Waals surface area contributed by atoms with Crippen molar-refractivity contribution >= 4 is 16.6 Å². The number of hydrogen-bond donors (Lipinski definition) is 2. The second-order valence-corrected chi connectivity index (χ2v) is 3.72. The average Bonchev–Trinajstić information content (AvgIpc) is 2.71. The Bertz CT molecular complexity index is 533. The van der Waals surface area contributed by atoms with E-state index in [0.717, 1.165) is 17.4 Å². The Hall–Kier alpha value is -1.88. The molecule has 2 aromatic rings. The van der Waals surface area contributed by atoms with E-state index in [4.69, 9.17) is 5.73 Å². The Morgan fingerprint density at radius 1 is 1.56 bits per heavy atom. The predicted molar refractivity (Wildman–Crippen MR) is 62.2 cm³/mol. The number of nitro groups is 1. The first kappa shape index (κ1) is 10.6. The molecule has 1 aromatic carbocycles. The fourth-order valence-corrected chi connectivity index (χ4v) is 1.84. The molecule has 0 unspecified atom stereocenters. The fourth-order valence-electron chi connectivity index (χ4n) is 1.84. The van der Waals surface area contributed by atoms with Crippen molar-refractivity contribution in [3.05, 3.63) is 40.1 Å². The van der Waals surface area contributed by atoms with Gasteiger partial charge in [0, 0.05) is 23.7 Å². The molecule has 5 heteroatoms. The molecule has 2 rings (SSSR count). The van der Waals surface area contributed by atoms with Crippen molar-refractivity contribution in [3.8, 4) is 0 Å². The molecule has 0 saturated carbocycles. The van der Waals surface area contributed by atoms with E-state index in [1.165, 1.54) is 6.07 Å². The molecule has 0 saturated heterocycles. The normalized spacial score (nSPS) is 12.9. The summed E-state index contributed by atoms with van der Waals surface area (Å²) in [5.74, 6) is 0. The highest BCUT2D eigenvalue weighted by molar-refractivity contribution is 5.90. The number of aromatic amines is 1. The quantitative estimate of drug-likeness (QED) is 0.614. The lowest BCUT2D eigenvalue weighted by Crippen LogP contribution is -2.07. The molecule has 16 heavy (non-hydrogen) atoms. The number of hydrogen-bond acceptors (Lipinski definition) is 3. The average molecular weight is 219 g/mol. The van der Waals surface area contributed by atoms with Crippen LogP contribution in [0.3, 0.4) is 0 Å². The number of non-ortho nitro benzene ring substituents is 1. The van der Waals surface area contributed by atoms with Gasteiger partial charge in [-0.2, -0.15) is 0 Å². The minimum Gasteiger partial charge on any atom is -0.355 e. The van der Waals surface area contributed by atoms with E-state index in [2.05, 4.69) is 4.98 Å². The number of fused-ring (bicyclic) bond motifs is 1. The summed E-state index contributed by atoms with van der Waals surface area (Å²) in [4.78, 5) is 13.4. The number of nitrogens with zero attached hydrogens (tertiary/aromatic N) is 1. The zero-order valence-corrected chi connectivity index (χ0v) is 8.93. The number of rotatable bonds is 3. The number of benzene rings is 1. The lowest BCUT2D eigenvalue weighted by Gasteiger charge is -2.06. The first-order chi connectivity index (χ1) is 7.65. The minimum atomic E-state index is -0.389. The van der Waals surface area contributed by atoms with Crippen LogP contribution in [0.4, 0.5) is 5.69 Å². The second-order valence-electron chi connectivity index (χ2n) is 3.72. The van der Waals surface area contributed by atoms with Crippen LogP contribution in [0.25, 0.3) is 10.9 Å². The van der Waals surface area contributed by atoms with Crippen LogP contribution in [-0.4, -0.2) is 9.91 Å². The van der Waals surface area contributed by atoms with Gasteiger partial charge in [0.1, 0.15) is 5.52 Å². The van der Waals surface area contributed by atoms with Gasteiger partial charge in [-0.15, -0.1) is 0 Å². The Morgan fingerprint density at radius 3 is 2.94 bits per heavy atom. The van der Waals surface area contributed by atoms with Crippen LogP contribution in [-0.2, 0) is 0 Å². The summed E-state index contributed by atoms with van der Waals surface area (Å²) in [6.45, 7) is 1.99. The van der Waals surface area contributed by atoms with Gasteiger partial charge in [-0.05, 0) is 12.0 Å². The summed E-state index contributed by atoms with van der Waals surface area (Å²) in [6.07, 6.45) is 2.56. The van der Waals surface area contributed by atoms with Gasteiger partial charge >= 0.3 is 0 Å². The standard InChI is InChI=1S/C11H13N3O2/c1-2-9(12)8-6-13-11-7(8)4-3-5-10(11)14(15)16/h3-6,9,13H,2,12H2,1H3/t9-/m0/s1. The van der Waals surface area contributed by atoms with E-state index < -0.39 is 0 Å². The molecule has 0 amide bonds. The van der Waals surface area contributed by atoms with Gasteiger partial charge in [0.05, 0.1) is 4.92 Å². The van der Waals surface area contributed by atoms with Crippen LogP contribution in [0.5, 0.6) is 0 Å². The summed E-state index contributed by atoms with van der Waals surface area (Å²) >= 11 is 0. The Labute approximate surface area is 92.4 Å². The molecule has 1 atom stereocenters. The summed E-state index contributed by atoms with van der Waals surface area (Å²) < 4.78 is 0. The topological polar surface area (TPSA) is 85.0 Å². The maximum Gasteiger partial charge on any atom is 0.293 e. The minimum absolute atomic E-state index is 0.0873. The Balaban J connectivity index is 2.66. The molecule has 0 aliphatic heterocycles. The highest BCUT2D eigenvalue weighted by atomic mass is 16.6. The van der Waals surface area contributed by atoms with Crippen LogP contribution in [0.1, 0.15) is 24.9 Å². The Morgan fingerprint density at radius 2 is 2.31 bits per heavy atom. The van der Waals surface area contributed by atoms with Gasteiger partial charge in [0.2, 0.25) is 0 Å². The predicted octanol–water partition coefficient (Wildman–Crippen LogP) is 2.49. The van der Waals surface area contributed by atoms with Crippen molar-refractivity contribution in [3.63, 3.8) is 0 Å². The molecule has 3 N–H and O–H groups in total. The van der Waals surface area contributed by atoms with E-state index in [1.807, 2.05) is 13.0 Å². The maximum absolute atomic E-state index is 10.8. The lowest BCUT2D eigenvalue weighted by atomic mass is 10.0. The second kappa shape index (κ2) is 3.94. The van der Waals surface area contributed by atoms with E-state index in [0.29, 0.717) is 5.52 Å². The molecule has 0 fully saturated rings. The molecule has 84 valence electrons. The van der Waals surface area contributed by atoms with Gasteiger partial charge in [-0.25, -0.2) is 0 Å². The SMILES string of the molecule is CC[C@H](N)c1c[nH]c2c([N+](=O)[O-])cccc12. The smallest absolute Gasteiger partial charge is 0.293 e. The van der Waals surface area contributed by atoms with Crippen molar-refractivity contribution in [2.75, 3.05) is 0 Å². The largest absolute Gasteiger partial charge is 0.355 e. The van der Waals surface area contributed by atoms with Gasteiger partial charge in [-0.1, -0.05) is 19.1 Å². The van der Waals surface area contributed by atoms with Gasteiger partial charge in [0.25, 0.3) is 5.69 Å². The number of para-hydroxylation sites is 1.